The van der Waals surface area contributed by atoms with Crippen LogP contribution >= 0.6 is 0 Å². The van der Waals surface area contributed by atoms with E-state index in [1.165, 1.54) is 0 Å². The third-order valence-corrected chi connectivity index (χ3v) is 5.48. The van der Waals surface area contributed by atoms with Crippen LogP contribution in [0.3, 0.4) is 0 Å². The number of carbonyl (C=O) groups is 2. The predicted octanol–water partition coefficient (Wildman–Crippen LogP) is 4.49. The normalized spacial score (nSPS) is 24.4. The van der Waals surface area contributed by atoms with Gasteiger partial charge in [0.2, 0.25) is 0 Å². The fourth-order valence-corrected chi connectivity index (χ4v) is 4.02. The van der Waals surface area contributed by atoms with Crippen LogP contribution in [0.1, 0.15) is 72.6 Å². The molecule has 2 N–H and O–H groups in total. The highest BCUT2D eigenvalue weighted by Gasteiger charge is 2.49. The summed E-state index contributed by atoms with van der Waals surface area (Å²) in [5.41, 5.74) is -0.179. The molecule has 0 heterocycles. The number of hydrogen-bond donors (Lipinski definition) is 2. The molecule has 0 amide bonds. The quantitative estimate of drug-likeness (QED) is 0.692. The number of hydrogen-bond acceptors (Lipinski definition) is 2. The molecule has 0 fully saturated rings. The summed E-state index contributed by atoms with van der Waals surface area (Å²) in [7, 11) is 0. The van der Waals surface area contributed by atoms with Gasteiger partial charge in [0.25, 0.3) is 0 Å². The fourth-order valence-electron chi connectivity index (χ4n) is 4.02. The Morgan fingerprint density at radius 3 is 1.91 bits per heavy atom. The molecule has 2 atom stereocenters. The molecular formula is C18H30O4. The van der Waals surface area contributed by atoms with Gasteiger partial charge in [-0.3, -0.25) is 0 Å². The van der Waals surface area contributed by atoms with Crippen LogP contribution in [0.15, 0.2) is 11.1 Å². The molecule has 0 saturated heterocycles. The van der Waals surface area contributed by atoms with E-state index in [4.69, 9.17) is 0 Å². The topological polar surface area (TPSA) is 74.6 Å². The van der Waals surface area contributed by atoms with Crippen molar-refractivity contribution in [3.8, 4) is 0 Å². The second-order valence-corrected chi connectivity index (χ2v) is 6.80. The maximum atomic E-state index is 11.9. The second-order valence-electron chi connectivity index (χ2n) is 6.80. The third kappa shape index (κ3) is 3.53. The van der Waals surface area contributed by atoms with Gasteiger partial charge in [-0.25, -0.2) is 9.59 Å². The minimum Gasteiger partial charge on any atom is -0.478 e. The van der Waals surface area contributed by atoms with E-state index in [0.717, 1.165) is 38.5 Å². The molecule has 1 aliphatic rings. The molecule has 0 spiro atoms. The van der Waals surface area contributed by atoms with Crippen molar-refractivity contribution < 1.29 is 19.8 Å². The standard InChI is InChI=1S/C18H30O4/c1-5-7-9-18(10-8-6-2)13(4)12(3)11-14(16(19)20)15(18)17(21)22/h12-13H,5-11H2,1-4H3,(H,19,20)(H,21,22). The lowest BCUT2D eigenvalue weighted by Crippen LogP contribution is -2.43. The maximum Gasteiger partial charge on any atom is 0.332 e. The summed E-state index contributed by atoms with van der Waals surface area (Å²) in [5.74, 6) is -1.71. The minimum atomic E-state index is -1.06. The Hall–Kier alpha value is -1.32. The zero-order chi connectivity index (χ0) is 16.9. The molecule has 1 rings (SSSR count). The highest BCUT2D eigenvalue weighted by atomic mass is 16.4. The highest BCUT2D eigenvalue weighted by molar-refractivity contribution is 6.00. The first-order valence-corrected chi connectivity index (χ1v) is 8.52. The van der Waals surface area contributed by atoms with Gasteiger partial charge in [0.05, 0.1) is 5.57 Å². The Morgan fingerprint density at radius 1 is 1.05 bits per heavy atom. The van der Waals surface area contributed by atoms with Crippen molar-refractivity contribution in [3.63, 3.8) is 0 Å². The Morgan fingerprint density at radius 2 is 1.55 bits per heavy atom. The van der Waals surface area contributed by atoms with Crippen LogP contribution in [0, 0.1) is 17.3 Å². The number of carboxylic acid groups (broad SMARTS) is 2. The van der Waals surface area contributed by atoms with Crippen LogP contribution in [0.2, 0.25) is 0 Å². The number of aliphatic carboxylic acids is 2. The summed E-state index contributed by atoms with van der Waals surface area (Å²) in [6.07, 6.45) is 5.75. The number of rotatable bonds is 8. The Kier molecular flexibility index (Phi) is 6.64. The molecule has 1 aliphatic carbocycles. The number of unbranched alkanes of at least 4 members (excludes halogenated alkanes) is 2. The summed E-state index contributed by atoms with van der Waals surface area (Å²) in [5, 5.41) is 19.3. The molecule has 0 aromatic heterocycles. The molecule has 0 bridgehead atoms. The lowest BCUT2D eigenvalue weighted by Gasteiger charge is -2.47. The van der Waals surface area contributed by atoms with Crippen molar-refractivity contribution in [1.29, 1.82) is 0 Å². The van der Waals surface area contributed by atoms with Crippen LogP contribution in [0.4, 0.5) is 0 Å². The van der Waals surface area contributed by atoms with E-state index in [0.29, 0.717) is 6.42 Å². The molecule has 4 nitrogen and oxygen atoms in total. The zero-order valence-corrected chi connectivity index (χ0v) is 14.3. The van der Waals surface area contributed by atoms with Crippen molar-refractivity contribution in [2.45, 2.75) is 72.6 Å². The summed E-state index contributed by atoms with van der Waals surface area (Å²) < 4.78 is 0. The van der Waals surface area contributed by atoms with Crippen molar-refractivity contribution in [2.24, 2.45) is 17.3 Å². The lowest BCUT2D eigenvalue weighted by molar-refractivity contribution is -0.139. The predicted molar refractivity (Wildman–Crippen MR) is 86.7 cm³/mol. The molecule has 126 valence electrons. The van der Waals surface area contributed by atoms with Crippen LogP contribution in [0.25, 0.3) is 0 Å². The van der Waals surface area contributed by atoms with Crippen LogP contribution in [-0.2, 0) is 9.59 Å². The van der Waals surface area contributed by atoms with Gasteiger partial charge >= 0.3 is 11.9 Å². The van der Waals surface area contributed by atoms with Gasteiger partial charge in [0.1, 0.15) is 0 Å². The molecule has 0 aromatic carbocycles. The third-order valence-electron chi connectivity index (χ3n) is 5.48. The van der Waals surface area contributed by atoms with E-state index in [9.17, 15) is 19.8 Å². The SMILES string of the molecule is CCCCC1(CCCC)C(C(=O)O)=C(C(=O)O)CC(C)C1C. The first kappa shape index (κ1) is 18.7. The lowest BCUT2D eigenvalue weighted by atomic mass is 9.56. The summed E-state index contributed by atoms with van der Waals surface area (Å²) in [4.78, 5) is 23.6. The Bertz CT molecular complexity index is 442. The molecule has 2 unspecified atom stereocenters. The van der Waals surface area contributed by atoms with Crippen molar-refractivity contribution >= 4 is 11.9 Å². The van der Waals surface area contributed by atoms with E-state index in [1.807, 2.05) is 0 Å². The van der Waals surface area contributed by atoms with Crippen molar-refractivity contribution in [2.75, 3.05) is 0 Å². The monoisotopic (exact) mass is 310 g/mol. The molecular weight excluding hydrogens is 280 g/mol. The van der Waals surface area contributed by atoms with Gasteiger partial charge < -0.3 is 10.2 Å². The van der Waals surface area contributed by atoms with Crippen LogP contribution in [0.5, 0.6) is 0 Å². The summed E-state index contributed by atoms with van der Waals surface area (Å²) in [6.45, 7) is 8.34. The van der Waals surface area contributed by atoms with E-state index >= 15 is 0 Å². The molecule has 4 heteroatoms. The molecule has 22 heavy (non-hydrogen) atoms. The minimum absolute atomic E-state index is 0.130. The molecule has 0 aliphatic heterocycles. The van der Waals surface area contributed by atoms with Gasteiger partial charge in [0.15, 0.2) is 0 Å². The van der Waals surface area contributed by atoms with E-state index in [2.05, 4.69) is 27.7 Å². The largest absolute Gasteiger partial charge is 0.478 e. The van der Waals surface area contributed by atoms with E-state index in [-0.39, 0.29) is 23.0 Å². The van der Waals surface area contributed by atoms with E-state index in [1.54, 1.807) is 0 Å². The average molecular weight is 310 g/mol. The Labute approximate surface area is 133 Å². The maximum absolute atomic E-state index is 11.9. The fraction of sp³-hybridized carbons (Fsp3) is 0.778. The molecule has 0 saturated carbocycles. The van der Waals surface area contributed by atoms with Gasteiger partial charge in [0, 0.05) is 11.0 Å². The van der Waals surface area contributed by atoms with Crippen molar-refractivity contribution in [1.82, 2.24) is 0 Å². The summed E-state index contributed by atoms with van der Waals surface area (Å²) >= 11 is 0. The second kappa shape index (κ2) is 7.80. The Balaban J connectivity index is 3.49. The zero-order valence-electron chi connectivity index (χ0n) is 14.3. The van der Waals surface area contributed by atoms with Crippen LogP contribution < -0.4 is 0 Å². The number of carboxylic acids is 2. The van der Waals surface area contributed by atoms with E-state index < -0.39 is 17.4 Å². The first-order chi connectivity index (χ1) is 10.3. The first-order valence-electron chi connectivity index (χ1n) is 8.52. The van der Waals surface area contributed by atoms with Gasteiger partial charge in [-0.2, -0.15) is 0 Å². The van der Waals surface area contributed by atoms with Gasteiger partial charge in [-0.15, -0.1) is 0 Å². The summed E-state index contributed by atoms with van der Waals surface area (Å²) in [6, 6.07) is 0. The average Bonchev–Trinajstić information content (AvgIpc) is 2.46. The van der Waals surface area contributed by atoms with Crippen LogP contribution in [-0.4, -0.2) is 22.2 Å². The molecule has 0 aromatic rings. The smallest absolute Gasteiger partial charge is 0.332 e. The van der Waals surface area contributed by atoms with Gasteiger partial charge in [-0.1, -0.05) is 53.4 Å². The molecule has 0 radical (unpaired) electrons. The van der Waals surface area contributed by atoms with Crippen molar-refractivity contribution in [3.05, 3.63) is 11.1 Å². The highest BCUT2D eigenvalue weighted by Crippen LogP contribution is 2.53. The van der Waals surface area contributed by atoms with Gasteiger partial charge in [-0.05, 0) is 31.1 Å².